The molecule has 0 spiro atoms. The highest BCUT2D eigenvalue weighted by atomic mass is 32.2. The number of benzene rings is 2. The fraction of sp³-hybridized carbons (Fsp3) is 0.294. The molecule has 8 nitrogen and oxygen atoms in total. The number of nitrogens with zero attached hydrogens (tertiary/aromatic N) is 1. The van der Waals surface area contributed by atoms with Crippen LogP contribution in [0.5, 0.6) is 11.5 Å². The molecular weight excluding hydrogens is 411 g/mol. The summed E-state index contributed by atoms with van der Waals surface area (Å²) in [6.45, 7) is 0.349. The summed E-state index contributed by atoms with van der Waals surface area (Å²) >= 11 is 0. The Morgan fingerprint density at radius 2 is 1.79 bits per heavy atom. The summed E-state index contributed by atoms with van der Waals surface area (Å²) < 4.78 is 76.8. The van der Waals surface area contributed by atoms with Crippen molar-refractivity contribution in [3.05, 3.63) is 42.2 Å². The Bertz CT molecular complexity index is 1100. The molecule has 1 aliphatic heterocycles. The maximum atomic E-state index is 13.9. The van der Waals surface area contributed by atoms with E-state index in [0.29, 0.717) is 18.7 Å². The van der Waals surface area contributed by atoms with E-state index in [2.05, 4.69) is 4.72 Å². The number of hydrogen-bond acceptors (Lipinski definition) is 6. The highest BCUT2D eigenvalue weighted by Crippen LogP contribution is 2.34. The van der Waals surface area contributed by atoms with Gasteiger partial charge in [0.1, 0.15) is 5.75 Å². The predicted octanol–water partition coefficient (Wildman–Crippen LogP) is 2.18. The number of anilines is 2. The maximum absolute atomic E-state index is 13.9. The Morgan fingerprint density at radius 3 is 2.36 bits per heavy atom. The summed E-state index contributed by atoms with van der Waals surface area (Å²) in [4.78, 5) is -0.293. The molecule has 0 bridgehead atoms. The van der Waals surface area contributed by atoms with E-state index in [1.807, 2.05) is 0 Å². The molecule has 0 saturated carbocycles. The molecule has 2 aromatic carbocycles. The molecule has 0 unspecified atom stereocenters. The van der Waals surface area contributed by atoms with Crippen LogP contribution in [0.3, 0.4) is 0 Å². The molecular formula is C17H19FN2O6S2. The monoisotopic (exact) mass is 430 g/mol. The lowest BCUT2D eigenvalue weighted by atomic mass is 10.2. The standard InChI is InChI=1S/C17H19FN2O6S2/c1-25-16-7-5-13(11-14(16)18)28(23,24)19-15-6-4-12(10-17(15)26-2)20-8-3-9-27(20,21)22/h4-7,10-11,19H,3,8-9H2,1-2H3. The number of halogens is 1. The minimum absolute atomic E-state index is 0.0622. The smallest absolute Gasteiger partial charge is 0.262 e. The Hall–Kier alpha value is -2.53. The SMILES string of the molecule is COc1ccc(S(=O)(=O)Nc2ccc(N3CCCS3(=O)=O)cc2OC)cc1F. The van der Waals surface area contributed by atoms with Crippen LogP contribution in [0, 0.1) is 5.82 Å². The second-order valence-corrected chi connectivity index (χ2v) is 9.72. The number of nitrogens with one attached hydrogen (secondary N) is 1. The lowest BCUT2D eigenvalue weighted by molar-refractivity contribution is 0.385. The summed E-state index contributed by atoms with van der Waals surface area (Å²) in [5.74, 6) is -0.691. The third-order valence-corrected chi connectivity index (χ3v) is 7.48. The van der Waals surface area contributed by atoms with Gasteiger partial charge in [-0.05, 0) is 36.8 Å². The molecule has 0 amide bonds. The van der Waals surface area contributed by atoms with Crippen LogP contribution < -0.4 is 18.5 Å². The van der Waals surface area contributed by atoms with Gasteiger partial charge in [0.25, 0.3) is 10.0 Å². The molecule has 0 aromatic heterocycles. The molecule has 11 heteroatoms. The molecule has 1 heterocycles. The lowest BCUT2D eigenvalue weighted by Gasteiger charge is -2.19. The number of methoxy groups -OCH3 is 2. The zero-order valence-electron chi connectivity index (χ0n) is 15.2. The molecule has 0 aliphatic carbocycles. The number of hydrogen-bond donors (Lipinski definition) is 1. The molecule has 1 N–H and O–H groups in total. The van der Waals surface area contributed by atoms with E-state index >= 15 is 0 Å². The summed E-state index contributed by atoms with van der Waals surface area (Å²) in [5.41, 5.74) is 0.479. The van der Waals surface area contributed by atoms with Gasteiger partial charge in [-0.1, -0.05) is 0 Å². The van der Waals surface area contributed by atoms with Gasteiger partial charge in [-0.15, -0.1) is 0 Å². The number of sulfonamides is 2. The first kappa shape index (κ1) is 20.2. The second kappa shape index (κ2) is 7.47. The molecule has 1 fully saturated rings. The number of rotatable bonds is 6. The molecule has 28 heavy (non-hydrogen) atoms. The Morgan fingerprint density at radius 1 is 1.07 bits per heavy atom. The largest absolute Gasteiger partial charge is 0.494 e. The Kier molecular flexibility index (Phi) is 5.39. The van der Waals surface area contributed by atoms with Crippen molar-refractivity contribution in [1.29, 1.82) is 0 Å². The van der Waals surface area contributed by atoms with Crippen LogP contribution in [-0.2, 0) is 20.0 Å². The van der Waals surface area contributed by atoms with Crippen molar-refractivity contribution in [2.24, 2.45) is 0 Å². The van der Waals surface area contributed by atoms with E-state index in [1.165, 1.54) is 48.9 Å². The van der Waals surface area contributed by atoms with E-state index in [9.17, 15) is 21.2 Å². The van der Waals surface area contributed by atoms with Crippen molar-refractivity contribution in [2.75, 3.05) is 35.5 Å². The van der Waals surface area contributed by atoms with Crippen LogP contribution in [0.2, 0.25) is 0 Å². The van der Waals surface area contributed by atoms with Gasteiger partial charge in [0.2, 0.25) is 10.0 Å². The van der Waals surface area contributed by atoms with Crippen LogP contribution in [-0.4, -0.2) is 43.4 Å². The second-order valence-electron chi connectivity index (χ2n) is 6.03. The van der Waals surface area contributed by atoms with Gasteiger partial charge in [-0.2, -0.15) is 0 Å². The molecule has 152 valence electrons. The van der Waals surface area contributed by atoms with Gasteiger partial charge < -0.3 is 9.47 Å². The van der Waals surface area contributed by atoms with Gasteiger partial charge in [0.05, 0.1) is 36.2 Å². The van der Waals surface area contributed by atoms with Crippen molar-refractivity contribution in [3.63, 3.8) is 0 Å². The fourth-order valence-corrected chi connectivity index (χ4v) is 5.50. The van der Waals surface area contributed by atoms with E-state index in [1.54, 1.807) is 0 Å². The van der Waals surface area contributed by atoms with Crippen molar-refractivity contribution >= 4 is 31.4 Å². The quantitative estimate of drug-likeness (QED) is 0.754. The first-order valence-electron chi connectivity index (χ1n) is 8.23. The number of ether oxygens (including phenoxy) is 2. The molecule has 0 radical (unpaired) electrons. The van der Waals surface area contributed by atoms with E-state index in [-0.39, 0.29) is 27.8 Å². The topological polar surface area (TPSA) is 102 Å². The molecule has 2 aromatic rings. The molecule has 0 atom stereocenters. The molecule has 1 saturated heterocycles. The lowest BCUT2D eigenvalue weighted by Crippen LogP contribution is -2.25. The highest BCUT2D eigenvalue weighted by molar-refractivity contribution is 7.93. The summed E-state index contributed by atoms with van der Waals surface area (Å²) in [7, 11) is -4.88. The summed E-state index contributed by atoms with van der Waals surface area (Å²) in [6, 6.07) is 7.59. The zero-order valence-corrected chi connectivity index (χ0v) is 16.8. The Labute approximate surface area is 163 Å². The minimum atomic E-state index is -4.11. The van der Waals surface area contributed by atoms with Gasteiger partial charge in [0, 0.05) is 12.6 Å². The van der Waals surface area contributed by atoms with Crippen molar-refractivity contribution in [1.82, 2.24) is 0 Å². The average Bonchev–Trinajstić information content (AvgIpc) is 3.00. The van der Waals surface area contributed by atoms with Crippen molar-refractivity contribution in [2.45, 2.75) is 11.3 Å². The predicted molar refractivity (Wildman–Crippen MR) is 103 cm³/mol. The highest BCUT2D eigenvalue weighted by Gasteiger charge is 2.29. The van der Waals surface area contributed by atoms with Gasteiger partial charge >= 0.3 is 0 Å². The van der Waals surface area contributed by atoms with Crippen LogP contribution >= 0.6 is 0 Å². The van der Waals surface area contributed by atoms with Crippen LogP contribution in [0.4, 0.5) is 15.8 Å². The van der Waals surface area contributed by atoms with E-state index < -0.39 is 25.9 Å². The van der Waals surface area contributed by atoms with Gasteiger partial charge in [0.15, 0.2) is 11.6 Å². The average molecular weight is 430 g/mol. The Balaban J connectivity index is 1.92. The van der Waals surface area contributed by atoms with Crippen LogP contribution in [0.25, 0.3) is 0 Å². The van der Waals surface area contributed by atoms with Crippen molar-refractivity contribution < 1.29 is 30.7 Å². The third kappa shape index (κ3) is 3.85. The van der Waals surface area contributed by atoms with E-state index in [4.69, 9.17) is 9.47 Å². The maximum Gasteiger partial charge on any atom is 0.262 e. The van der Waals surface area contributed by atoms with Crippen LogP contribution in [0.15, 0.2) is 41.3 Å². The first-order valence-corrected chi connectivity index (χ1v) is 11.3. The first-order chi connectivity index (χ1) is 13.2. The summed E-state index contributed by atoms with van der Waals surface area (Å²) in [5, 5.41) is 0. The van der Waals surface area contributed by atoms with Gasteiger partial charge in [-0.25, -0.2) is 21.2 Å². The van der Waals surface area contributed by atoms with Gasteiger partial charge in [-0.3, -0.25) is 9.03 Å². The molecule has 3 rings (SSSR count). The minimum Gasteiger partial charge on any atom is -0.494 e. The normalized spacial score (nSPS) is 16.0. The van der Waals surface area contributed by atoms with Crippen molar-refractivity contribution in [3.8, 4) is 11.5 Å². The fourth-order valence-electron chi connectivity index (χ4n) is 2.87. The summed E-state index contributed by atoms with van der Waals surface area (Å²) in [6.07, 6.45) is 0.516. The zero-order chi connectivity index (χ0) is 20.5. The van der Waals surface area contributed by atoms with E-state index in [0.717, 1.165) is 6.07 Å². The van der Waals surface area contributed by atoms with Crippen LogP contribution in [0.1, 0.15) is 6.42 Å². The molecule has 1 aliphatic rings. The third-order valence-electron chi connectivity index (χ3n) is 4.25.